The van der Waals surface area contributed by atoms with Gasteiger partial charge in [-0.15, -0.1) is 0 Å². The van der Waals surface area contributed by atoms with E-state index < -0.39 is 0 Å². The van der Waals surface area contributed by atoms with Crippen molar-refractivity contribution in [1.29, 1.82) is 0 Å². The van der Waals surface area contributed by atoms with E-state index in [2.05, 4.69) is 27.3 Å². The van der Waals surface area contributed by atoms with Crippen LogP contribution in [0, 0.1) is 5.92 Å². The maximum Gasteiger partial charge on any atom is 0.140 e. The Morgan fingerprint density at radius 3 is 3.00 bits per heavy atom. The average molecular weight is 367 g/mol. The summed E-state index contributed by atoms with van der Waals surface area (Å²) in [5.41, 5.74) is 5.09. The summed E-state index contributed by atoms with van der Waals surface area (Å²) in [7, 11) is 0. The molecule has 6 heteroatoms. The van der Waals surface area contributed by atoms with Gasteiger partial charge in [0, 0.05) is 61.4 Å². The molecule has 5 rings (SSSR count). The number of hydrogen-bond donors (Lipinski definition) is 1. The first-order valence-electron chi connectivity index (χ1n) is 10.5. The van der Waals surface area contributed by atoms with Crippen molar-refractivity contribution < 1.29 is 4.52 Å². The Bertz CT molecular complexity index is 809. The highest BCUT2D eigenvalue weighted by molar-refractivity contribution is 5.26. The van der Waals surface area contributed by atoms with Crippen LogP contribution in [0.4, 0.5) is 0 Å². The normalized spacial score (nSPS) is 23.8. The second kappa shape index (κ2) is 7.32. The van der Waals surface area contributed by atoms with Gasteiger partial charge >= 0.3 is 0 Å². The number of rotatable bonds is 3. The fourth-order valence-electron chi connectivity index (χ4n) is 4.77. The maximum absolute atomic E-state index is 5.62. The Kier molecular flexibility index (Phi) is 4.70. The van der Waals surface area contributed by atoms with E-state index in [1.807, 2.05) is 6.20 Å². The molecule has 0 spiro atoms. The minimum atomic E-state index is 0.493. The Morgan fingerprint density at radius 1 is 1.22 bits per heavy atom. The summed E-state index contributed by atoms with van der Waals surface area (Å²) in [6.07, 6.45) is 8.74. The van der Waals surface area contributed by atoms with Crippen molar-refractivity contribution in [2.24, 2.45) is 5.92 Å². The van der Waals surface area contributed by atoms with Crippen molar-refractivity contribution >= 4 is 0 Å². The molecule has 6 nitrogen and oxygen atoms in total. The van der Waals surface area contributed by atoms with E-state index in [4.69, 9.17) is 9.51 Å². The standard InChI is InChI=1S/C21H29N5O/c1-14-2-3-20-17(10-14)19(25-27-20)13-26-8-5-15(6-9-26)21-23-12-16-11-22-7-4-18(16)24-21/h12,14-15,22H,2-11,13H2,1H3. The zero-order valence-electron chi connectivity index (χ0n) is 16.2. The molecule has 0 bridgehead atoms. The van der Waals surface area contributed by atoms with Crippen LogP contribution in [0.3, 0.4) is 0 Å². The molecule has 4 heterocycles. The molecule has 0 radical (unpaired) electrons. The van der Waals surface area contributed by atoms with Gasteiger partial charge in [-0.1, -0.05) is 12.1 Å². The van der Waals surface area contributed by atoms with Gasteiger partial charge in [0.05, 0.1) is 0 Å². The van der Waals surface area contributed by atoms with Crippen molar-refractivity contribution in [2.45, 2.75) is 64.5 Å². The minimum absolute atomic E-state index is 0.493. The van der Waals surface area contributed by atoms with E-state index in [0.29, 0.717) is 5.92 Å². The minimum Gasteiger partial charge on any atom is -0.361 e. The quantitative estimate of drug-likeness (QED) is 0.899. The molecule has 27 heavy (non-hydrogen) atoms. The summed E-state index contributed by atoms with van der Waals surface area (Å²) < 4.78 is 5.62. The number of piperidine rings is 1. The van der Waals surface area contributed by atoms with Crippen molar-refractivity contribution in [3.63, 3.8) is 0 Å². The fourth-order valence-corrected chi connectivity index (χ4v) is 4.77. The van der Waals surface area contributed by atoms with E-state index in [0.717, 1.165) is 82.3 Å². The summed E-state index contributed by atoms with van der Waals surface area (Å²) in [6.45, 7) is 7.37. The zero-order valence-corrected chi connectivity index (χ0v) is 16.2. The zero-order chi connectivity index (χ0) is 18.2. The number of likely N-dealkylation sites (tertiary alicyclic amines) is 1. The van der Waals surface area contributed by atoms with Gasteiger partial charge in [-0.05, 0) is 44.7 Å². The van der Waals surface area contributed by atoms with Crippen LogP contribution in [0.2, 0.25) is 0 Å². The lowest BCUT2D eigenvalue weighted by Gasteiger charge is -2.31. The second-order valence-electron chi connectivity index (χ2n) is 8.56. The SMILES string of the molecule is CC1CCc2onc(CN3CCC(c4ncc5c(n4)CCNC5)CC3)c2C1. The number of nitrogens with one attached hydrogen (secondary N) is 1. The molecule has 2 aliphatic heterocycles. The Morgan fingerprint density at radius 2 is 2.11 bits per heavy atom. The lowest BCUT2D eigenvalue weighted by atomic mass is 9.88. The summed E-state index contributed by atoms with van der Waals surface area (Å²) in [4.78, 5) is 12.1. The molecular formula is C21H29N5O. The molecule has 1 aliphatic carbocycles. The number of aryl methyl sites for hydroxylation is 1. The fraction of sp³-hybridized carbons (Fsp3) is 0.667. The third-order valence-electron chi connectivity index (χ3n) is 6.52. The van der Waals surface area contributed by atoms with Crippen LogP contribution in [0.15, 0.2) is 10.7 Å². The van der Waals surface area contributed by atoms with Crippen LogP contribution in [0.5, 0.6) is 0 Å². The van der Waals surface area contributed by atoms with Crippen LogP contribution in [0.25, 0.3) is 0 Å². The van der Waals surface area contributed by atoms with Gasteiger partial charge in [0.1, 0.15) is 17.3 Å². The largest absolute Gasteiger partial charge is 0.361 e. The number of hydrogen-bond acceptors (Lipinski definition) is 6. The van der Waals surface area contributed by atoms with E-state index in [9.17, 15) is 0 Å². The predicted molar refractivity (Wildman–Crippen MR) is 102 cm³/mol. The van der Waals surface area contributed by atoms with Gasteiger partial charge in [-0.3, -0.25) is 4.90 Å². The summed E-state index contributed by atoms with van der Waals surface area (Å²) in [5, 5.41) is 7.80. The Balaban J connectivity index is 1.22. The molecule has 1 atom stereocenters. The molecule has 1 N–H and O–H groups in total. The molecule has 1 fully saturated rings. The average Bonchev–Trinajstić information content (AvgIpc) is 3.10. The lowest BCUT2D eigenvalue weighted by Crippen LogP contribution is -2.34. The van der Waals surface area contributed by atoms with Crippen molar-refractivity contribution in [3.05, 3.63) is 40.3 Å². The number of aromatic nitrogens is 3. The molecule has 0 saturated carbocycles. The first kappa shape index (κ1) is 17.3. The van der Waals surface area contributed by atoms with Gasteiger partial charge in [0.2, 0.25) is 0 Å². The van der Waals surface area contributed by atoms with Gasteiger partial charge in [-0.25, -0.2) is 9.97 Å². The van der Waals surface area contributed by atoms with Crippen LogP contribution in [0.1, 0.15) is 66.2 Å². The highest BCUT2D eigenvalue weighted by Gasteiger charge is 2.27. The monoisotopic (exact) mass is 367 g/mol. The second-order valence-corrected chi connectivity index (χ2v) is 8.56. The Hall–Kier alpha value is -1.79. The molecule has 0 aromatic carbocycles. The molecule has 1 saturated heterocycles. The summed E-state index contributed by atoms with van der Waals surface area (Å²) >= 11 is 0. The smallest absolute Gasteiger partial charge is 0.140 e. The number of nitrogens with zero attached hydrogens (tertiary/aromatic N) is 4. The molecule has 1 unspecified atom stereocenters. The van der Waals surface area contributed by atoms with Crippen molar-refractivity contribution in [3.8, 4) is 0 Å². The van der Waals surface area contributed by atoms with E-state index in [1.165, 1.54) is 28.9 Å². The highest BCUT2D eigenvalue weighted by Crippen LogP contribution is 2.31. The molecule has 144 valence electrons. The molecule has 2 aromatic rings. The third-order valence-corrected chi connectivity index (χ3v) is 6.52. The highest BCUT2D eigenvalue weighted by atomic mass is 16.5. The lowest BCUT2D eigenvalue weighted by molar-refractivity contribution is 0.196. The van der Waals surface area contributed by atoms with Gasteiger partial charge in [-0.2, -0.15) is 0 Å². The molecular weight excluding hydrogens is 338 g/mol. The number of fused-ring (bicyclic) bond motifs is 2. The molecule has 0 amide bonds. The van der Waals surface area contributed by atoms with Gasteiger partial charge in [0.25, 0.3) is 0 Å². The van der Waals surface area contributed by atoms with E-state index >= 15 is 0 Å². The van der Waals surface area contributed by atoms with E-state index in [1.54, 1.807) is 0 Å². The summed E-state index contributed by atoms with van der Waals surface area (Å²) in [6, 6.07) is 0. The van der Waals surface area contributed by atoms with E-state index in [-0.39, 0.29) is 0 Å². The third kappa shape index (κ3) is 3.52. The van der Waals surface area contributed by atoms with Crippen LogP contribution < -0.4 is 5.32 Å². The maximum atomic E-state index is 5.62. The van der Waals surface area contributed by atoms with Crippen LogP contribution in [-0.2, 0) is 32.4 Å². The first-order valence-corrected chi connectivity index (χ1v) is 10.5. The Labute approximate surface area is 160 Å². The molecule has 2 aromatic heterocycles. The van der Waals surface area contributed by atoms with Gasteiger partial charge < -0.3 is 9.84 Å². The van der Waals surface area contributed by atoms with Crippen molar-refractivity contribution in [1.82, 2.24) is 25.3 Å². The topological polar surface area (TPSA) is 67.1 Å². The first-order chi connectivity index (χ1) is 13.3. The summed E-state index contributed by atoms with van der Waals surface area (Å²) in [5.74, 6) is 3.43. The van der Waals surface area contributed by atoms with Crippen LogP contribution in [-0.4, -0.2) is 39.7 Å². The van der Waals surface area contributed by atoms with Gasteiger partial charge in [0.15, 0.2) is 0 Å². The predicted octanol–water partition coefficient (Wildman–Crippen LogP) is 2.61. The van der Waals surface area contributed by atoms with Crippen LogP contribution >= 0.6 is 0 Å². The van der Waals surface area contributed by atoms with Crippen molar-refractivity contribution in [2.75, 3.05) is 19.6 Å². The molecule has 3 aliphatic rings.